The smallest absolute Gasteiger partial charge is 0.326 e. The Balaban J connectivity index is 1.29. The van der Waals surface area contributed by atoms with Crippen LogP contribution in [0.2, 0.25) is 0 Å². The molecule has 4 rings (SSSR count). The second-order valence-corrected chi connectivity index (χ2v) is 9.30. The summed E-state index contributed by atoms with van der Waals surface area (Å²) in [6.45, 7) is 4.65. The van der Waals surface area contributed by atoms with E-state index in [0.717, 1.165) is 40.2 Å². The Labute approximate surface area is 211 Å². The van der Waals surface area contributed by atoms with Crippen molar-refractivity contribution in [2.45, 2.75) is 39.0 Å². The molecule has 1 unspecified atom stereocenters. The van der Waals surface area contributed by atoms with E-state index in [1.807, 2.05) is 80.6 Å². The summed E-state index contributed by atoms with van der Waals surface area (Å²) in [6.07, 6.45) is 1.22. The molecule has 7 nitrogen and oxygen atoms in total. The van der Waals surface area contributed by atoms with Gasteiger partial charge in [0.1, 0.15) is 0 Å². The van der Waals surface area contributed by atoms with Crippen LogP contribution in [0.3, 0.4) is 0 Å². The van der Waals surface area contributed by atoms with Crippen molar-refractivity contribution in [2.75, 3.05) is 28.6 Å². The SMILES string of the molecule is Cc1cc(CC(=O)CNc2ccc(C(C)CC(=O)O)cc2)ccc1NC(=O)N1CCc2ccccc21. The van der Waals surface area contributed by atoms with Crippen LogP contribution in [0.1, 0.15) is 41.5 Å². The van der Waals surface area contributed by atoms with E-state index in [1.165, 1.54) is 5.56 Å². The van der Waals surface area contributed by atoms with Gasteiger partial charge in [-0.1, -0.05) is 49.4 Å². The van der Waals surface area contributed by atoms with Gasteiger partial charge in [-0.25, -0.2) is 4.79 Å². The first kappa shape index (κ1) is 25.0. The van der Waals surface area contributed by atoms with Gasteiger partial charge in [-0.15, -0.1) is 0 Å². The summed E-state index contributed by atoms with van der Waals surface area (Å²) in [5.74, 6) is -0.846. The van der Waals surface area contributed by atoms with Crippen LogP contribution < -0.4 is 15.5 Å². The Hall–Kier alpha value is -4.13. The van der Waals surface area contributed by atoms with Crippen molar-refractivity contribution >= 4 is 34.8 Å². The number of ketones is 1. The Kier molecular flexibility index (Phi) is 7.68. The lowest BCUT2D eigenvalue weighted by Gasteiger charge is -2.19. The summed E-state index contributed by atoms with van der Waals surface area (Å²) in [7, 11) is 0. The van der Waals surface area contributed by atoms with Crippen LogP contribution in [0.5, 0.6) is 0 Å². The van der Waals surface area contributed by atoms with Crippen molar-refractivity contribution in [3.05, 3.63) is 89.0 Å². The van der Waals surface area contributed by atoms with Gasteiger partial charge in [0, 0.05) is 30.0 Å². The number of Topliss-reactive ketones (excluding diaryl/α,β-unsaturated/α-hetero) is 1. The molecule has 0 aromatic heterocycles. The highest BCUT2D eigenvalue weighted by Crippen LogP contribution is 2.28. The number of para-hydroxylation sites is 1. The Morgan fingerprint density at radius 2 is 1.78 bits per heavy atom. The van der Waals surface area contributed by atoms with Crippen molar-refractivity contribution in [3.63, 3.8) is 0 Å². The van der Waals surface area contributed by atoms with Crippen molar-refractivity contribution in [1.29, 1.82) is 0 Å². The van der Waals surface area contributed by atoms with Gasteiger partial charge in [0.25, 0.3) is 0 Å². The number of aryl methyl sites for hydroxylation is 1. The summed E-state index contributed by atoms with van der Waals surface area (Å²) >= 11 is 0. The number of fused-ring (bicyclic) bond motifs is 1. The third-order valence-electron chi connectivity index (χ3n) is 6.52. The summed E-state index contributed by atoms with van der Waals surface area (Å²) in [5.41, 5.74) is 6.42. The number of carbonyl (C=O) groups is 3. The fraction of sp³-hybridized carbons (Fsp3) is 0.276. The number of carboxylic acids is 1. The lowest BCUT2D eigenvalue weighted by Crippen LogP contribution is -2.33. The molecule has 1 aliphatic heterocycles. The first-order valence-corrected chi connectivity index (χ1v) is 12.1. The first-order valence-electron chi connectivity index (χ1n) is 12.1. The molecule has 0 spiro atoms. The van der Waals surface area contributed by atoms with Crippen molar-refractivity contribution in [2.24, 2.45) is 0 Å². The number of urea groups is 1. The Morgan fingerprint density at radius 1 is 1.03 bits per heavy atom. The minimum atomic E-state index is -0.821. The fourth-order valence-corrected chi connectivity index (χ4v) is 4.51. The van der Waals surface area contributed by atoms with E-state index in [-0.39, 0.29) is 37.1 Å². The van der Waals surface area contributed by atoms with Crippen LogP contribution in [0.15, 0.2) is 66.7 Å². The molecule has 3 aromatic carbocycles. The molecule has 0 fully saturated rings. The zero-order chi connectivity index (χ0) is 25.7. The van der Waals surface area contributed by atoms with E-state index >= 15 is 0 Å². The van der Waals surface area contributed by atoms with E-state index in [2.05, 4.69) is 10.6 Å². The third kappa shape index (κ3) is 6.10. The molecule has 0 aliphatic carbocycles. The molecule has 186 valence electrons. The van der Waals surface area contributed by atoms with E-state index in [9.17, 15) is 14.4 Å². The summed E-state index contributed by atoms with van der Waals surface area (Å²) in [4.78, 5) is 38.0. The van der Waals surface area contributed by atoms with Gasteiger partial charge in [-0.3, -0.25) is 14.5 Å². The van der Waals surface area contributed by atoms with E-state index in [4.69, 9.17) is 5.11 Å². The number of benzene rings is 3. The van der Waals surface area contributed by atoms with Crippen molar-refractivity contribution in [3.8, 4) is 0 Å². The predicted octanol–water partition coefficient (Wildman–Crippen LogP) is 5.39. The second-order valence-electron chi connectivity index (χ2n) is 9.30. The van der Waals surface area contributed by atoms with Gasteiger partial charge in [0.15, 0.2) is 5.78 Å². The number of nitrogens with zero attached hydrogens (tertiary/aromatic N) is 1. The number of carbonyl (C=O) groups excluding carboxylic acids is 2. The molecule has 0 saturated carbocycles. The van der Waals surface area contributed by atoms with Crippen LogP contribution >= 0.6 is 0 Å². The van der Waals surface area contributed by atoms with Gasteiger partial charge in [-0.05, 0) is 65.8 Å². The van der Waals surface area contributed by atoms with E-state index < -0.39 is 5.97 Å². The summed E-state index contributed by atoms with van der Waals surface area (Å²) < 4.78 is 0. The van der Waals surface area contributed by atoms with Gasteiger partial charge in [0.2, 0.25) is 0 Å². The van der Waals surface area contributed by atoms with Crippen LogP contribution in [0.25, 0.3) is 0 Å². The minimum Gasteiger partial charge on any atom is -0.481 e. The number of carboxylic acid groups (broad SMARTS) is 1. The fourth-order valence-electron chi connectivity index (χ4n) is 4.51. The van der Waals surface area contributed by atoms with Crippen LogP contribution in [0.4, 0.5) is 21.9 Å². The molecule has 7 heteroatoms. The third-order valence-corrected chi connectivity index (χ3v) is 6.52. The van der Waals surface area contributed by atoms with Gasteiger partial charge in [0.05, 0.1) is 13.0 Å². The zero-order valence-corrected chi connectivity index (χ0v) is 20.6. The normalized spacial score (nSPS) is 13.1. The molecule has 0 bridgehead atoms. The van der Waals surface area contributed by atoms with Crippen molar-refractivity contribution in [1.82, 2.24) is 0 Å². The highest BCUT2D eigenvalue weighted by Gasteiger charge is 2.24. The maximum Gasteiger partial charge on any atom is 0.326 e. The highest BCUT2D eigenvalue weighted by atomic mass is 16.4. The molecular formula is C29H31N3O4. The maximum atomic E-state index is 12.8. The van der Waals surface area contributed by atoms with Crippen LogP contribution in [-0.4, -0.2) is 36.0 Å². The molecule has 36 heavy (non-hydrogen) atoms. The lowest BCUT2D eigenvalue weighted by atomic mass is 9.98. The predicted molar refractivity (Wildman–Crippen MR) is 142 cm³/mol. The molecule has 0 saturated heterocycles. The molecule has 1 aliphatic rings. The molecule has 3 aromatic rings. The molecule has 0 radical (unpaired) electrons. The molecule has 2 amide bonds. The standard InChI is InChI=1S/C29H31N3O4/c1-19(16-28(34)35)22-8-10-24(11-9-22)30-18-25(33)17-21-7-12-26(20(2)15-21)31-29(36)32-14-13-23-5-3-4-6-27(23)32/h3-12,15,19,30H,13-14,16-18H2,1-2H3,(H,31,36)(H,34,35). The van der Waals surface area contributed by atoms with Crippen molar-refractivity contribution < 1.29 is 19.5 Å². The first-order chi connectivity index (χ1) is 17.3. The topological polar surface area (TPSA) is 98.7 Å². The zero-order valence-electron chi connectivity index (χ0n) is 20.6. The van der Waals surface area contributed by atoms with Crippen LogP contribution in [-0.2, 0) is 22.4 Å². The quantitative estimate of drug-likeness (QED) is 0.377. The number of hydrogen-bond donors (Lipinski definition) is 3. The average molecular weight is 486 g/mol. The maximum absolute atomic E-state index is 12.8. The molecule has 3 N–H and O–H groups in total. The molecular weight excluding hydrogens is 454 g/mol. The number of rotatable bonds is 9. The number of aliphatic carboxylic acids is 1. The lowest BCUT2D eigenvalue weighted by molar-refractivity contribution is -0.137. The highest BCUT2D eigenvalue weighted by molar-refractivity contribution is 6.03. The Morgan fingerprint density at radius 3 is 2.50 bits per heavy atom. The number of anilines is 3. The number of nitrogens with one attached hydrogen (secondary N) is 2. The van der Waals surface area contributed by atoms with Gasteiger partial charge < -0.3 is 15.7 Å². The van der Waals surface area contributed by atoms with Gasteiger partial charge >= 0.3 is 12.0 Å². The largest absolute Gasteiger partial charge is 0.481 e. The number of hydrogen-bond acceptors (Lipinski definition) is 4. The Bertz CT molecular complexity index is 1270. The van der Waals surface area contributed by atoms with E-state index in [0.29, 0.717) is 6.54 Å². The minimum absolute atomic E-state index is 0.0446. The summed E-state index contributed by atoms with van der Waals surface area (Å²) in [6, 6.07) is 20.9. The average Bonchev–Trinajstić information content (AvgIpc) is 3.29. The van der Waals surface area contributed by atoms with E-state index in [1.54, 1.807) is 4.90 Å². The van der Waals surface area contributed by atoms with Crippen LogP contribution in [0, 0.1) is 6.92 Å². The number of amides is 2. The second kappa shape index (κ2) is 11.1. The molecule has 1 atom stereocenters. The summed E-state index contributed by atoms with van der Waals surface area (Å²) in [5, 5.41) is 15.1. The van der Waals surface area contributed by atoms with Gasteiger partial charge in [-0.2, -0.15) is 0 Å². The molecule has 1 heterocycles. The monoisotopic (exact) mass is 485 g/mol.